The highest BCUT2D eigenvalue weighted by Crippen LogP contribution is 2.28. The molecular weight excluding hydrogens is 377 g/mol. The van der Waals surface area contributed by atoms with Gasteiger partial charge in [0, 0.05) is 13.1 Å². The van der Waals surface area contributed by atoms with Crippen molar-refractivity contribution in [1.29, 1.82) is 0 Å². The Labute approximate surface area is 144 Å². The molecule has 0 amide bonds. The lowest BCUT2D eigenvalue weighted by Gasteiger charge is -2.12. The fourth-order valence-electron chi connectivity index (χ4n) is 1.84. The first-order valence-electron chi connectivity index (χ1n) is 7.49. The summed E-state index contributed by atoms with van der Waals surface area (Å²) in [6.07, 6.45) is 2.67. The van der Waals surface area contributed by atoms with Crippen LogP contribution < -0.4 is 15.4 Å². The lowest BCUT2D eigenvalue weighted by molar-refractivity contribution is 0.322. The molecule has 0 radical (unpaired) electrons. The molecule has 0 bridgehead atoms. The summed E-state index contributed by atoms with van der Waals surface area (Å²) in [6, 6.07) is 8.12. The first-order valence-corrected chi connectivity index (χ1v) is 7.49. The SMILES string of the molecule is CCNC(=NCC1CC1)NCCOc1ccc(C)cc1.I. The van der Waals surface area contributed by atoms with E-state index < -0.39 is 0 Å². The molecule has 0 aliphatic heterocycles. The predicted molar refractivity (Wildman–Crippen MR) is 98.8 cm³/mol. The summed E-state index contributed by atoms with van der Waals surface area (Å²) in [5.74, 6) is 2.62. The second-order valence-electron chi connectivity index (χ2n) is 5.25. The number of guanidine groups is 1. The molecule has 2 rings (SSSR count). The van der Waals surface area contributed by atoms with Gasteiger partial charge in [-0.15, -0.1) is 24.0 Å². The fraction of sp³-hybridized carbons (Fsp3) is 0.562. The van der Waals surface area contributed by atoms with Gasteiger partial charge >= 0.3 is 0 Å². The molecule has 2 N–H and O–H groups in total. The van der Waals surface area contributed by atoms with E-state index >= 15 is 0 Å². The van der Waals surface area contributed by atoms with Gasteiger partial charge < -0.3 is 15.4 Å². The molecule has 0 aromatic heterocycles. The zero-order chi connectivity index (χ0) is 14.2. The third-order valence-corrected chi connectivity index (χ3v) is 3.23. The van der Waals surface area contributed by atoms with Gasteiger partial charge in [0.15, 0.2) is 5.96 Å². The number of aliphatic imine (C=N–C) groups is 1. The number of ether oxygens (including phenoxy) is 1. The van der Waals surface area contributed by atoms with Crippen LogP contribution in [0, 0.1) is 12.8 Å². The van der Waals surface area contributed by atoms with Crippen LogP contribution in [0.2, 0.25) is 0 Å². The molecule has 0 spiro atoms. The third kappa shape index (κ3) is 7.55. The van der Waals surface area contributed by atoms with Gasteiger partial charge in [-0.1, -0.05) is 17.7 Å². The topological polar surface area (TPSA) is 45.7 Å². The first kappa shape index (κ1) is 18.1. The average Bonchev–Trinajstić information content (AvgIpc) is 3.27. The standard InChI is InChI=1S/C16H25N3O.HI/c1-3-17-16(19-12-14-6-7-14)18-10-11-20-15-8-4-13(2)5-9-15;/h4-5,8-9,14H,3,6-7,10-12H2,1-2H3,(H2,17,18,19);1H. The predicted octanol–water partition coefficient (Wildman–Crippen LogP) is 2.96. The van der Waals surface area contributed by atoms with Gasteiger partial charge in [0.2, 0.25) is 0 Å². The van der Waals surface area contributed by atoms with Crippen molar-refractivity contribution >= 4 is 29.9 Å². The maximum absolute atomic E-state index is 5.68. The molecule has 0 saturated heterocycles. The second-order valence-corrected chi connectivity index (χ2v) is 5.25. The van der Waals surface area contributed by atoms with Crippen molar-refractivity contribution in [1.82, 2.24) is 10.6 Å². The van der Waals surface area contributed by atoms with Crippen LogP contribution in [0.25, 0.3) is 0 Å². The normalized spacial score (nSPS) is 14.3. The summed E-state index contributed by atoms with van der Waals surface area (Å²) < 4.78 is 5.68. The van der Waals surface area contributed by atoms with Crippen LogP contribution in [0.3, 0.4) is 0 Å². The number of rotatable bonds is 7. The highest BCUT2D eigenvalue weighted by molar-refractivity contribution is 14.0. The van der Waals surface area contributed by atoms with Crippen molar-refractivity contribution in [3.05, 3.63) is 29.8 Å². The molecule has 0 heterocycles. The minimum Gasteiger partial charge on any atom is -0.492 e. The minimum atomic E-state index is 0. The highest BCUT2D eigenvalue weighted by atomic mass is 127. The van der Waals surface area contributed by atoms with Crippen LogP contribution in [0.4, 0.5) is 0 Å². The van der Waals surface area contributed by atoms with E-state index in [1.165, 1.54) is 18.4 Å². The molecule has 1 aromatic carbocycles. The van der Waals surface area contributed by atoms with E-state index in [9.17, 15) is 0 Å². The summed E-state index contributed by atoms with van der Waals surface area (Å²) in [5.41, 5.74) is 1.25. The van der Waals surface area contributed by atoms with Gasteiger partial charge in [0.25, 0.3) is 0 Å². The van der Waals surface area contributed by atoms with Crippen molar-refractivity contribution in [3.8, 4) is 5.75 Å². The Morgan fingerprint density at radius 1 is 1.24 bits per heavy atom. The summed E-state index contributed by atoms with van der Waals surface area (Å²) >= 11 is 0. The van der Waals surface area contributed by atoms with Crippen molar-refractivity contribution in [2.24, 2.45) is 10.9 Å². The molecule has 1 saturated carbocycles. The second kappa shape index (κ2) is 9.87. The molecule has 1 aliphatic rings. The van der Waals surface area contributed by atoms with Crippen LogP contribution in [-0.2, 0) is 0 Å². The van der Waals surface area contributed by atoms with Crippen LogP contribution in [0.5, 0.6) is 5.75 Å². The van der Waals surface area contributed by atoms with Gasteiger partial charge in [-0.3, -0.25) is 4.99 Å². The molecule has 1 fully saturated rings. The molecule has 5 heteroatoms. The zero-order valence-corrected chi connectivity index (χ0v) is 15.2. The fourth-order valence-corrected chi connectivity index (χ4v) is 1.84. The van der Waals surface area contributed by atoms with Gasteiger partial charge in [-0.05, 0) is 44.7 Å². The van der Waals surface area contributed by atoms with Crippen LogP contribution in [0.15, 0.2) is 29.3 Å². The molecule has 0 unspecified atom stereocenters. The zero-order valence-electron chi connectivity index (χ0n) is 12.9. The number of halogens is 1. The Kier molecular flexibility index (Phi) is 8.49. The molecule has 1 aliphatic carbocycles. The number of hydrogen-bond donors (Lipinski definition) is 2. The maximum atomic E-state index is 5.68. The number of nitrogens with one attached hydrogen (secondary N) is 2. The number of aryl methyl sites for hydroxylation is 1. The van der Waals surface area contributed by atoms with Crippen molar-refractivity contribution in [3.63, 3.8) is 0 Å². The van der Waals surface area contributed by atoms with Crippen LogP contribution in [0.1, 0.15) is 25.3 Å². The summed E-state index contributed by atoms with van der Waals surface area (Å²) in [6.45, 7) is 7.37. The van der Waals surface area contributed by atoms with Gasteiger partial charge in [0.05, 0.1) is 6.54 Å². The van der Waals surface area contributed by atoms with Crippen LogP contribution in [-0.4, -0.2) is 32.2 Å². The highest BCUT2D eigenvalue weighted by Gasteiger charge is 2.20. The van der Waals surface area contributed by atoms with Gasteiger partial charge in [0.1, 0.15) is 12.4 Å². The van der Waals surface area contributed by atoms with Crippen LogP contribution >= 0.6 is 24.0 Å². The third-order valence-electron chi connectivity index (χ3n) is 3.23. The molecule has 4 nitrogen and oxygen atoms in total. The minimum absolute atomic E-state index is 0. The molecule has 118 valence electrons. The summed E-state index contributed by atoms with van der Waals surface area (Å²) in [4.78, 5) is 4.57. The van der Waals surface area contributed by atoms with Crippen molar-refractivity contribution in [2.75, 3.05) is 26.2 Å². The quantitative estimate of drug-likeness (QED) is 0.319. The molecule has 21 heavy (non-hydrogen) atoms. The maximum Gasteiger partial charge on any atom is 0.191 e. The molecule has 0 atom stereocenters. The monoisotopic (exact) mass is 403 g/mol. The Morgan fingerprint density at radius 3 is 2.57 bits per heavy atom. The smallest absolute Gasteiger partial charge is 0.191 e. The number of hydrogen-bond acceptors (Lipinski definition) is 2. The van der Waals surface area contributed by atoms with Gasteiger partial charge in [-0.2, -0.15) is 0 Å². The van der Waals surface area contributed by atoms with E-state index in [0.717, 1.165) is 37.3 Å². The van der Waals surface area contributed by atoms with E-state index in [0.29, 0.717) is 6.61 Å². The molecule has 1 aromatic rings. The van der Waals surface area contributed by atoms with Gasteiger partial charge in [-0.25, -0.2) is 0 Å². The summed E-state index contributed by atoms with van der Waals surface area (Å²) in [7, 11) is 0. The lowest BCUT2D eigenvalue weighted by Crippen LogP contribution is -2.39. The Balaban J connectivity index is 0.00000220. The van der Waals surface area contributed by atoms with E-state index in [2.05, 4.69) is 41.6 Å². The Bertz CT molecular complexity index is 430. The first-order chi connectivity index (χ1) is 9.78. The Hall–Kier alpha value is -0.980. The summed E-state index contributed by atoms with van der Waals surface area (Å²) in [5, 5.41) is 6.55. The largest absolute Gasteiger partial charge is 0.492 e. The van der Waals surface area contributed by atoms with Crippen molar-refractivity contribution in [2.45, 2.75) is 26.7 Å². The van der Waals surface area contributed by atoms with Crippen molar-refractivity contribution < 1.29 is 4.74 Å². The van der Waals surface area contributed by atoms with E-state index in [4.69, 9.17) is 4.74 Å². The average molecular weight is 403 g/mol. The number of nitrogens with zero attached hydrogens (tertiary/aromatic N) is 1. The number of benzene rings is 1. The van der Waals surface area contributed by atoms with E-state index in [-0.39, 0.29) is 24.0 Å². The molecular formula is C16H26IN3O. The van der Waals surface area contributed by atoms with E-state index in [1.807, 2.05) is 12.1 Å². The lowest BCUT2D eigenvalue weighted by atomic mass is 10.2. The Morgan fingerprint density at radius 2 is 1.95 bits per heavy atom. The van der Waals surface area contributed by atoms with E-state index in [1.54, 1.807) is 0 Å².